The molecule has 28 heavy (non-hydrogen) atoms. The van der Waals surface area contributed by atoms with Crippen molar-refractivity contribution in [2.45, 2.75) is 42.9 Å². The SMILES string of the molecule is CS(=O)(=O)c1ccc(C(=O)OCC(=O)c2ccc(C3CCCCC3)cc2)cc1. The molecule has 0 aliphatic heterocycles. The van der Waals surface area contributed by atoms with Gasteiger partial charge in [0.05, 0.1) is 10.5 Å². The van der Waals surface area contributed by atoms with E-state index in [2.05, 4.69) is 0 Å². The van der Waals surface area contributed by atoms with Crippen LogP contribution in [0.25, 0.3) is 0 Å². The van der Waals surface area contributed by atoms with Gasteiger partial charge >= 0.3 is 5.97 Å². The molecule has 1 saturated carbocycles. The molecular formula is C22H24O5S. The zero-order valence-electron chi connectivity index (χ0n) is 15.9. The number of esters is 1. The summed E-state index contributed by atoms with van der Waals surface area (Å²) < 4.78 is 28.0. The Balaban J connectivity index is 1.56. The number of hydrogen-bond donors (Lipinski definition) is 0. The second kappa shape index (κ2) is 8.69. The fraction of sp³-hybridized carbons (Fsp3) is 0.364. The molecule has 0 N–H and O–H groups in total. The maximum atomic E-state index is 12.3. The van der Waals surface area contributed by atoms with Gasteiger partial charge in [0, 0.05) is 11.8 Å². The van der Waals surface area contributed by atoms with E-state index in [-0.39, 0.29) is 22.8 Å². The van der Waals surface area contributed by atoms with Gasteiger partial charge in [0.15, 0.2) is 22.2 Å². The predicted octanol–water partition coefficient (Wildman–Crippen LogP) is 4.18. The summed E-state index contributed by atoms with van der Waals surface area (Å²) >= 11 is 0. The molecule has 0 amide bonds. The average Bonchev–Trinajstić information content (AvgIpc) is 2.72. The van der Waals surface area contributed by atoms with Crippen LogP contribution < -0.4 is 0 Å². The van der Waals surface area contributed by atoms with Crippen LogP contribution in [0, 0.1) is 0 Å². The van der Waals surface area contributed by atoms with Crippen LogP contribution in [0.3, 0.4) is 0 Å². The normalized spacial score (nSPS) is 15.2. The molecule has 0 aromatic heterocycles. The van der Waals surface area contributed by atoms with Gasteiger partial charge in [0.2, 0.25) is 0 Å². The molecule has 2 aromatic rings. The van der Waals surface area contributed by atoms with Crippen molar-refractivity contribution in [2.24, 2.45) is 0 Å². The Morgan fingerprint density at radius 2 is 1.46 bits per heavy atom. The Kier molecular flexibility index (Phi) is 6.29. The van der Waals surface area contributed by atoms with E-state index in [1.165, 1.54) is 61.9 Å². The van der Waals surface area contributed by atoms with Gasteiger partial charge in [-0.3, -0.25) is 4.79 Å². The van der Waals surface area contributed by atoms with Crippen molar-refractivity contribution >= 4 is 21.6 Å². The minimum Gasteiger partial charge on any atom is -0.454 e. The molecule has 6 heteroatoms. The summed E-state index contributed by atoms with van der Waals surface area (Å²) in [6.07, 6.45) is 7.30. The van der Waals surface area contributed by atoms with E-state index < -0.39 is 15.8 Å². The van der Waals surface area contributed by atoms with Crippen LogP contribution >= 0.6 is 0 Å². The number of hydrogen-bond acceptors (Lipinski definition) is 5. The van der Waals surface area contributed by atoms with E-state index >= 15 is 0 Å². The van der Waals surface area contributed by atoms with Crippen LogP contribution in [-0.4, -0.2) is 33.0 Å². The number of ether oxygens (including phenoxy) is 1. The van der Waals surface area contributed by atoms with E-state index in [0.717, 1.165) is 6.26 Å². The molecule has 148 valence electrons. The summed E-state index contributed by atoms with van der Waals surface area (Å²) in [5.74, 6) is -0.353. The van der Waals surface area contributed by atoms with Gasteiger partial charge in [0.25, 0.3) is 0 Å². The van der Waals surface area contributed by atoms with E-state index in [4.69, 9.17) is 4.74 Å². The summed E-state index contributed by atoms with van der Waals surface area (Å²) in [6, 6.07) is 13.0. The summed E-state index contributed by atoms with van der Waals surface area (Å²) in [5, 5.41) is 0. The van der Waals surface area contributed by atoms with Gasteiger partial charge < -0.3 is 4.74 Å². The van der Waals surface area contributed by atoms with Crippen molar-refractivity contribution in [2.75, 3.05) is 12.9 Å². The Morgan fingerprint density at radius 1 is 0.893 bits per heavy atom. The highest BCUT2D eigenvalue weighted by molar-refractivity contribution is 7.90. The number of ketones is 1. The van der Waals surface area contributed by atoms with Gasteiger partial charge in [0.1, 0.15) is 0 Å². The van der Waals surface area contributed by atoms with Crippen molar-refractivity contribution in [3.05, 3.63) is 65.2 Å². The lowest BCUT2D eigenvalue weighted by atomic mass is 9.84. The molecular weight excluding hydrogens is 376 g/mol. The van der Waals surface area contributed by atoms with Crippen LogP contribution in [0.2, 0.25) is 0 Å². The average molecular weight is 400 g/mol. The van der Waals surface area contributed by atoms with Crippen molar-refractivity contribution in [3.63, 3.8) is 0 Å². The lowest BCUT2D eigenvalue weighted by Crippen LogP contribution is -2.14. The number of carbonyl (C=O) groups excluding carboxylic acids is 2. The molecule has 0 saturated heterocycles. The molecule has 0 atom stereocenters. The Morgan fingerprint density at radius 3 is 2.04 bits per heavy atom. The first kappa shape index (κ1) is 20.3. The summed E-state index contributed by atoms with van der Waals surface area (Å²) in [5.41, 5.74) is 1.98. The first-order valence-corrected chi connectivity index (χ1v) is 11.3. The summed E-state index contributed by atoms with van der Waals surface area (Å²) in [6.45, 7) is -0.352. The van der Waals surface area contributed by atoms with E-state index in [1.54, 1.807) is 12.1 Å². The Bertz CT molecular complexity index is 937. The number of benzene rings is 2. The first-order valence-electron chi connectivity index (χ1n) is 9.45. The largest absolute Gasteiger partial charge is 0.454 e. The molecule has 0 bridgehead atoms. The number of Topliss-reactive ketones (excluding diaryl/α,β-unsaturated/α-hetero) is 1. The first-order chi connectivity index (χ1) is 13.3. The number of rotatable bonds is 6. The fourth-order valence-electron chi connectivity index (χ4n) is 3.51. The van der Waals surface area contributed by atoms with E-state index in [9.17, 15) is 18.0 Å². The van der Waals surface area contributed by atoms with Crippen LogP contribution in [0.4, 0.5) is 0 Å². The zero-order valence-corrected chi connectivity index (χ0v) is 16.7. The second-order valence-corrected chi connectivity index (χ2v) is 9.27. The van der Waals surface area contributed by atoms with Crippen molar-refractivity contribution in [1.29, 1.82) is 0 Å². The third kappa shape index (κ3) is 5.07. The topological polar surface area (TPSA) is 77.5 Å². The predicted molar refractivity (Wildman–Crippen MR) is 106 cm³/mol. The van der Waals surface area contributed by atoms with E-state index in [0.29, 0.717) is 11.5 Å². The molecule has 1 aliphatic rings. The maximum Gasteiger partial charge on any atom is 0.338 e. The van der Waals surface area contributed by atoms with Gasteiger partial charge in [-0.15, -0.1) is 0 Å². The molecule has 0 radical (unpaired) electrons. The standard InChI is InChI=1S/C22H24O5S/c1-28(25,26)20-13-11-19(12-14-20)22(24)27-15-21(23)18-9-7-17(8-10-18)16-5-3-2-4-6-16/h7-14,16H,2-6,15H2,1H3. The monoisotopic (exact) mass is 400 g/mol. The highest BCUT2D eigenvalue weighted by Crippen LogP contribution is 2.32. The van der Waals surface area contributed by atoms with Crippen molar-refractivity contribution in [3.8, 4) is 0 Å². The van der Waals surface area contributed by atoms with Gasteiger partial charge in [-0.2, -0.15) is 0 Å². The van der Waals surface area contributed by atoms with Gasteiger partial charge in [-0.25, -0.2) is 13.2 Å². The molecule has 1 aliphatic carbocycles. The molecule has 2 aromatic carbocycles. The van der Waals surface area contributed by atoms with Crippen LogP contribution in [0.5, 0.6) is 0 Å². The highest BCUT2D eigenvalue weighted by atomic mass is 32.2. The van der Waals surface area contributed by atoms with Crippen LogP contribution in [0.15, 0.2) is 53.4 Å². The fourth-order valence-corrected chi connectivity index (χ4v) is 4.14. The molecule has 0 heterocycles. The van der Waals surface area contributed by atoms with E-state index in [1.807, 2.05) is 12.1 Å². The molecule has 1 fully saturated rings. The van der Waals surface area contributed by atoms with Crippen LogP contribution in [0.1, 0.15) is 64.3 Å². The Hall–Kier alpha value is -2.47. The van der Waals surface area contributed by atoms with Gasteiger partial charge in [-0.1, -0.05) is 43.5 Å². The lowest BCUT2D eigenvalue weighted by molar-refractivity contribution is 0.0474. The number of carbonyl (C=O) groups is 2. The number of sulfone groups is 1. The minimum absolute atomic E-state index is 0.123. The highest BCUT2D eigenvalue weighted by Gasteiger charge is 2.17. The maximum absolute atomic E-state index is 12.3. The molecule has 3 rings (SSSR count). The minimum atomic E-state index is -3.33. The summed E-state index contributed by atoms with van der Waals surface area (Å²) in [4.78, 5) is 24.5. The second-order valence-electron chi connectivity index (χ2n) is 7.25. The lowest BCUT2D eigenvalue weighted by Gasteiger charge is -2.22. The van der Waals surface area contributed by atoms with Crippen molar-refractivity contribution < 1.29 is 22.7 Å². The summed E-state index contributed by atoms with van der Waals surface area (Å²) in [7, 11) is -3.33. The quantitative estimate of drug-likeness (QED) is 0.537. The Labute approximate surface area is 165 Å². The van der Waals surface area contributed by atoms with Crippen molar-refractivity contribution in [1.82, 2.24) is 0 Å². The van der Waals surface area contributed by atoms with Crippen LogP contribution in [-0.2, 0) is 14.6 Å². The molecule has 5 nitrogen and oxygen atoms in total. The molecule has 0 unspecified atom stereocenters. The third-order valence-corrected chi connectivity index (χ3v) is 6.29. The third-order valence-electron chi connectivity index (χ3n) is 5.16. The molecule has 0 spiro atoms. The smallest absolute Gasteiger partial charge is 0.338 e. The van der Waals surface area contributed by atoms with Gasteiger partial charge in [-0.05, 0) is 48.6 Å². The zero-order chi connectivity index (χ0) is 20.1.